The Kier molecular flexibility index (Phi) is 3.74. The molecule has 0 aliphatic carbocycles. The Labute approximate surface area is 109 Å². The molecular weight excluding hydrogens is 282 g/mol. The van der Waals surface area contributed by atoms with Crippen LogP contribution in [0.4, 0.5) is 0 Å². The molecule has 0 radical (unpaired) electrons. The molecule has 4 heteroatoms. The molecule has 2 heterocycles. The molecule has 0 aromatic carbocycles. The first-order chi connectivity index (χ1) is 8.06. The molecule has 2 aromatic rings. The fourth-order valence-electron chi connectivity index (χ4n) is 1.89. The normalized spacial score (nSPS) is 12.9. The highest BCUT2D eigenvalue weighted by Crippen LogP contribution is 2.22. The number of hydrogen-bond donors (Lipinski definition) is 1. The van der Waals surface area contributed by atoms with Crippen LogP contribution in [0.15, 0.2) is 31.7 Å². The third kappa shape index (κ3) is 3.01. The van der Waals surface area contributed by atoms with Crippen LogP contribution < -0.4 is 5.32 Å². The van der Waals surface area contributed by atoms with E-state index in [0.717, 1.165) is 22.0 Å². The van der Waals surface area contributed by atoms with E-state index in [2.05, 4.69) is 34.2 Å². The first kappa shape index (κ1) is 12.5. The first-order valence-corrected chi connectivity index (χ1v) is 6.40. The van der Waals surface area contributed by atoms with Crippen LogP contribution in [-0.2, 0) is 6.54 Å². The smallest absolute Gasteiger partial charge is 0.169 e. The van der Waals surface area contributed by atoms with Crippen LogP contribution in [0.5, 0.6) is 0 Å². The quantitative estimate of drug-likeness (QED) is 0.923. The van der Waals surface area contributed by atoms with Crippen LogP contribution in [0.3, 0.4) is 0 Å². The maximum Gasteiger partial charge on any atom is 0.169 e. The summed E-state index contributed by atoms with van der Waals surface area (Å²) in [5.41, 5.74) is 1.20. The van der Waals surface area contributed by atoms with Crippen molar-refractivity contribution in [3.8, 4) is 0 Å². The predicted molar refractivity (Wildman–Crippen MR) is 69.8 cm³/mol. The summed E-state index contributed by atoms with van der Waals surface area (Å²) in [5.74, 6) is 2.84. The van der Waals surface area contributed by atoms with Crippen molar-refractivity contribution in [1.29, 1.82) is 0 Å². The Morgan fingerprint density at radius 3 is 2.59 bits per heavy atom. The van der Waals surface area contributed by atoms with Gasteiger partial charge in [-0.25, -0.2) is 0 Å². The molecule has 0 aliphatic heterocycles. The van der Waals surface area contributed by atoms with E-state index < -0.39 is 0 Å². The highest BCUT2D eigenvalue weighted by atomic mass is 79.9. The molecule has 1 atom stereocenters. The molecule has 2 rings (SSSR count). The Bertz CT molecular complexity index is 501. The topological polar surface area (TPSA) is 38.3 Å². The lowest BCUT2D eigenvalue weighted by Crippen LogP contribution is -2.17. The minimum atomic E-state index is 0.247. The zero-order chi connectivity index (χ0) is 12.4. The maximum atomic E-state index is 5.52. The molecule has 17 heavy (non-hydrogen) atoms. The standard InChI is InChI=1S/C13H16BrNO2/c1-8-6-12(10(3)16-8)9(2)15-7-11-4-5-13(14)17-11/h4-6,9,15H,7H2,1-3H3. The molecule has 0 saturated carbocycles. The highest BCUT2D eigenvalue weighted by Gasteiger charge is 2.12. The zero-order valence-electron chi connectivity index (χ0n) is 10.2. The minimum absolute atomic E-state index is 0.247. The van der Waals surface area contributed by atoms with Crippen molar-refractivity contribution >= 4 is 15.9 Å². The van der Waals surface area contributed by atoms with Gasteiger partial charge in [0.15, 0.2) is 4.67 Å². The summed E-state index contributed by atoms with van der Waals surface area (Å²) in [6.07, 6.45) is 0. The van der Waals surface area contributed by atoms with Gasteiger partial charge in [-0.15, -0.1) is 0 Å². The number of hydrogen-bond acceptors (Lipinski definition) is 3. The number of furan rings is 2. The van der Waals surface area contributed by atoms with E-state index in [-0.39, 0.29) is 6.04 Å². The highest BCUT2D eigenvalue weighted by molar-refractivity contribution is 9.10. The largest absolute Gasteiger partial charge is 0.466 e. The van der Waals surface area contributed by atoms with Gasteiger partial charge >= 0.3 is 0 Å². The molecule has 3 nitrogen and oxygen atoms in total. The molecular formula is C13H16BrNO2. The van der Waals surface area contributed by atoms with Crippen LogP contribution in [0, 0.1) is 13.8 Å². The third-order valence-corrected chi connectivity index (χ3v) is 3.18. The number of halogens is 1. The molecule has 92 valence electrons. The van der Waals surface area contributed by atoms with E-state index in [9.17, 15) is 0 Å². The Morgan fingerprint density at radius 2 is 2.06 bits per heavy atom. The Morgan fingerprint density at radius 1 is 1.29 bits per heavy atom. The van der Waals surface area contributed by atoms with Gasteiger partial charge < -0.3 is 14.2 Å². The van der Waals surface area contributed by atoms with Crippen molar-refractivity contribution in [3.63, 3.8) is 0 Å². The summed E-state index contributed by atoms with van der Waals surface area (Å²) in [6.45, 7) is 6.78. The molecule has 0 aliphatic rings. The SMILES string of the molecule is Cc1cc(C(C)NCc2ccc(Br)o2)c(C)o1. The summed E-state index contributed by atoms with van der Waals surface area (Å²) in [7, 11) is 0. The van der Waals surface area contributed by atoms with E-state index in [1.54, 1.807) is 0 Å². The average Bonchev–Trinajstić information content (AvgIpc) is 2.81. The summed E-state index contributed by atoms with van der Waals surface area (Å²) in [6, 6.07) is 6.17. The van der Waals surface area contributed by atoms with Gasteiger partial charge in [0, 0.05) is 11.6 Å². The van der Waals surface area contributed by atoms with Gasteiger partial charge in [0.2, 0.25) is 0 Å². The van der Waals surface area contributed by atoms with E-state index in [4.69, 9.17) is 8.83 Å². The van der Waals surface area contributed by atoms with Crippen molar-refractivity contribution in [2.45, 2.75) is 33.4 Å². The van der Waals surface area contributed by atoms with Crippen LogP contribution in [-0.4, -0.2) is 0 Å². The van der Waals surface area contributed by atoms with E-state index in [0.29, 0.717) is 6.54 Å². The van der Waals surface area contributed by atoms with Crippen molar-refractivity contribution in [3.05, 3.63) is 45.7 Å². The fourth-order valence-corrected chi connectivity index (χ4v) is 2.23. The molecule has 0 fully saturated rings. The van der Waals surface area contributed by atoms with Gasteiger partial charge in [-0.3, -0.25) is 0 Å². The van der Waals surface area contributed by atoms with Crippen LogP contribution >= 0.6 is 15.9 Å². The van der Waals surface area contributed by atoms with Gasteiger partial charge in [0.05, 0.1) is 6.54 Å². The summed E-state index contributed by atoms with van der Waals surface area (Å²) >= 11 is 3.29. The Balaban J connectivity index is 1.97. The van der Waals surface area contributed by atoms with Gasteiger partial charge in [-0.05, 0) is 54.9 Å². The van der Waals surface area contributed by atoms with Crippen molar-refractivity contribution in [2.24, 2.45) is 0 Å². The van der Waals surface area contributed by atoms with Gasteiger partial charge in [-0.2, -0.15) is 0 Å². The molecule has 1 N–H and O–H groups in total. The molecule has 0 amide bonds. The van der Waals surface area contributed by atoms with Crippen LogP contribution in [0.25, 0.3) is 0 Å². The summed E-state index contributed by atoms with van der Waals surface area (Å²) in [4.78, 5) is 0. The average molecular weight is 298 g/mol. The second-order valence-corrected chi connectivity index (χ2v) is 4.96. The summed E-state index contributed by atoms with van der Waals surface area (Å²) in [5, 5.41) is 3.41. The molecule has 1 unspecified atom stereocenters. The minimum Gasteiger partial charge on any atom is -0.466 e. The molecule has 0 bridgehead atoms. The van der Waals surface area contributed by atoms with Crippen LogP contribution in [0.1, 0.15) is 35.8 Å². The number of rotatable bonds is 4. The Hall–Kier alpha value is -1.00. The fraction of sp³-hybridized carbons (Fsp3) is 0.385. The number of nitrogens with one attached hydrogen (secondary N) is 1. The van der Waals surface area contributed by atoms with E-state index in [1.165, 1.54) is 5.56 Å². The maximum absolute atomic E-state index is 5.52. The predicted octanol–water partition coefficient (Wildman–Crippen LogP) is 4.10. The van der Waals surface area contributed by atoms with Gasteiger partial charge in [0.1, 0.15) is 17.3 Å². The lowest BCUT2D eigenvalue weighted by atomic mass is 10.1. The molecule has 2 aromatic heterocycles. The molecule has 0 saturated heterocycles. The van der Waals surface area contributed by atoms with E-state index >= 15 is 0 Å². The third-order valence-electron chi connectivity index (χ3n) is 2.76. The van der Waals surface area contributed by atoms with Crippen molar-refractivity contribution in [2.75, 3.05) is 0 Å². The van der Waals surface area contributed by atoms with E-state index in [1.807, 2.05) is 26.0 Å². The lowest BCUT2D eigenvalue weighted by molar-refractivity contribution is 0.442. The molecule has 0 spiro atoms. The van der Waals surface area contributed by atoms with Gasteiger partial charge in [0.25, 0.3) is 0 Å². The number of aryl methyl sites for hydroxylation is 2. The van der Waals surface area contributed by atoms with Crippen molar-refractivity contribution in [1.82, 2.24) is 5.32 Å². The second kappa shape index (κ2) is 5.10. The zero-order valence-corrected chi connectivity index (χ0v) is 11.8. The summed E-state index contributed by atoms with van der Waals surface area (Å²) < 4.78 is 11.7. The van der Waals surface area contributed by atoms with Gasteiger partial charge in [-0.1, -0.05) is 0 Å². The first-order valence-electron chi connectivity index (χ1n) is 5.61. The lowest BCUT2D eigenvalue weighted by Gasteiger charge is -2.11. The monoisotopic (exact) mass is 297 g/mol. The second-order valence-electron chi connectivity index (χ2n) is 4.18. The van der Waals surface area contributed by atoms with Crippen molar-refractivity contribution < 1.29 is 8.83 Å². The van der Waals surface area contributed by atoms with Crippen LogP contribution in [0.2, 0.25) is 0 Å².